The van der Waals surface area contributed by atoms with Crippen molar-refractivity contribution in [2.24, 2.45) is 0 Å². The molecule has 0 aromatic heterocycles. The van der Waals surface area contributed by atoms with Gasteiger partial charge in [0, 0.05) is 29.0 Å². The third kappa shape index (κ3) is 9.32. The van der Waals surface area contributed by atoms with Gasteiger partial charge in [-0.25, -0.2) is 4.79 Å². The lowest BCUT2D eigenvalue weighted by atomic mass is 9.94. The molecule has 1 N–H and O–H groups in total. The van der Waals surface area contributed by atoms with Crippen LogP contribution in [0, 0.1) is 0 Å². The number of hydrogen-bond acceptors (Lipinski definition) is 4. The van der Waals surface area contributed by atoms with Crippen LogP contribution in [0.3, 0.4) is 0 Å². The molecule has 8 heteroatoms. The van der Waals surface area contributed by atoms with E-state index in [-0.39, 0.29) is 24.4 Å². The number of quaternary nitrogens is 1. The van der Waals surface area contributed by atoms with Gasteiger partial charge in [-0.15, -0.1) is 6.58 Å². The van der Waals surface area contributed by atoms with Gasteiger partial charge in [-0.1, -0.05) is 53.4 Å². The first-order chi connectivity index (χ1) is 18.6. The molecule has 3 rings (SSSR count). The number of hydrogen-bond donors (Lipinski definition) is 1. The number of halogens is 1. The summed E-state index contributed by atoms with van der Waals surface area (Å²) in [5.41, 5.74) is 1.51. The van der Waals surface area contributed by atoms with Crippen LogP contribution in [0.1, 0.15) is 70.8 Å². The maximum Gasteiger partial charge on any atom is 0.338 e. The minimum absolute atomic E-state index is 0.0862. The van der Waals surface area contributed by atoms with Gasteiger partial charge in [0.1, 0.15) is 6.04 Å². The maximum absolute atomic E-state index is 13.8. The molecule has 0 aliphatic heterocycles. The Kier molecular flexibility index (Phi) is 11.3. The molecule has 1 fully saturated rings. The molecule has 1 unspecified atom stereocenters. The summed E-state index contributed by atoms with van der Waals surface area (Å²) in [5.74, 6) is -0.906. The molecule has 210 valence electrons. The molecule has 1 atom stereocenters. The molecular formula is C31H41BrN3O4+. The molecule has 0 spiro atoms. The molecule has 2 amide bonds. The van der Waals surface area contributed by atoms with Crippen LogP contribution < -0.4 is 5.32 Å². The van der Waals surface area contributed by atoms with Gasteiger partial charge in [0.2, 0.25) is 5.91 Å². The molecule has 2 aromatic carbocycles. The van der Waals surface area contributed by atoms with Crippen LogP contribution in [-0.2, 0) is 9.53 Å². The lowest BCUT2D eigenvalue weighted by molar-refractivity contribution is -0.870. The first-order valence-corrected chi connectivity index (χ1v) is 14.4. The average molecular weight is 600 g/mol. The second-order valence-corrected chi connectivity index (χ2v) is 12.0. The summed E-state index contributed by atoms with van der Waals surface area (Å²) in [6, 6.07) is 13.1. The molecule has 1 aliphatic rings. The fourth-order valence-electron chi connectivity index (χ4n) is 4.79. The number of ether oxygens (including phenoxy) is 1. The number of carbonyl (C=O) groups is 3. The van der Waals surface area contributed by atoms with Gasteiger partial charge in [-0.3, -0.25) is 9.59 Å². The number of carbonyl (C=O) groups excluding carboxylic acids is 3. The highest BCUT2D eigenvalue weighted by atomic mass is 79.9. The Morgan fingerprint density at radius 1 is 1.03 bits per heavy atom. The third-order valence-corrected chi connectivity index (χ3v) is 7.39. The van der Waals surface area contributed by atoms with Crippen molar-refractivity contribution in [2.75, 3.05) is 40.8 Å². The quantitative estimate of drug-likeness (QED) is 0.151. The summed E-state index contributed by atoms with van der Waals surface area (Å²) in [6.45, 7) is 5.27. The molecule has 7 nitrogen and oxygen atoms in total. The topological polar surface area (TPSA) is 75.7 Å². The third-order valence-electron chi connectivity index (χ3n) is 6.86. The summed E-state index contributed by atoms with van der Waals surface area (Å²) >= 11 is 3.41. The number of nitrogens with zero attached hydrogens (tertiary/aromatic N) is 2. The molecule has 0 radical (unpaired) electrons. The predicted octanol–water partition coefficient (Wildman–Crippen LogP) is 5.52. The van der Waals surface area contributed by atoms with E-state index >= 15 is 0 Å². The monoisotopic (exact) mass is 598 g/mol. The molecule has 2 aromatic rings. The Balaban J connectivity index is 1.84. The number of esters is 1. The molecule has 0 saturated heterocycles. The van der Waals surface area contributed by atoms with Crippen LogP contribution in [-0.4, -0.2) is 74.0 Å². The minimum Gasteiger partial charge on any atom is -0.462 e. The van der Waals surface area contributed by atoms with Crippen molar-refractivity contribution < 1.29 is 23.6 Å². The lowest BCUT2D eigenvalue weighted by Gasteiger charge is -2.33. The summed E-state index contributed by atoms with van der Waals surface area (Å²) < 4.78 is 7.12. The van der Waals surface area contributed by atoms with Crippen molar-refractivity contribution >= 4 is 33.7 Å². The standard InChI is InChI=1S/C31H40BrN3O4/c1-5-20-34(30(37)24-16-18-26(32)19-17-24)28(29(36)33-27-10-7-6-8-11-27)23-12-14-25(15-13-23)31(38)39-22-9-21-35(2,3)4/h5,12-19,27-28H,1,6-11,20-22H2,2-4H3/p+1. The van der Waals surface area contributed by atoms with Crippen LogP contribution in [0.5, 0.6) is 0 Å². The normalized spacial score (nSPS) is 14.8. The average Bonchev–Trinajstić information content (AvgIpc) is 2.91. The van der Waals surface area contributed by atoms with Crippen molar-refractivity contribution in [3.8, 4) is 0 Å². The van der Waals surface area contributed by atoms with Crippen LogP contribution in [0.2, 0.25) is 0 Å². The molecule has 0 bridgehead atoms. The zero-order valence-electron chi connectivity index (χ0n) is 23.3. The number of rotatable bonds is 12. The largest absolute Gasteiger partial charge is 0.462 e. The molecule has 39 heavy (non-hydrogen) atoms. The Hall–Kier alpha value is -2.97. The maximum atomic E-state index is 13.8. The highest BCUT2D eigenvalue weighted by molar-refractivity contribution is 9.10. The van der Waals surface area contributed by atoms with Gasteiger partial charge in [0.25, 0.3) is 5.91 Å². The summed E-state index contributed by atoms with van der Waals surface area (Å²) in [4.78, 5) is 41.6. The fraction of sp³-hybridized carbons (Fsp3) is 0.452. The Labute approximate surface area is 240 Å². The lowest BCUT2D eigenvalue weighted by Crippen LogP contribution is -2.47. The van der Waals surface area contributed by atoms with E-state index in [1.807, 2.05) is 0 Å². The van der Waals surface area contributed by atoms with Gasteiger partial charge in [0.15, 0.2) is 0 Å². The number of benzene rings is 2. The van der Waals surface area contributed by atoms with E-state index in [1.165, 1.54) is 11.3 Å². The van der Waals surface area contributed by atoms with E-state index in [0.717, 1.165) is 47.6 Å². The van der Waals surface area contributed by atoms with Crippen molar-refractivity contribution in [3.63, 3.8) is 0 Å². The van der Waals surface area contributed by atoms with Gasteiger partial charge in [0.05, 0.1) is 39.9 Å². The second-order valence-electron chi connectivity index (χ2n) is 11.1. The van der Waals surface area contributed by atoms with E-state index in [9.17, 15) is 14.4 Å². The highest BCUT2D eigenvalue weighted by Gasteiger charge is 2.33. The van der Waals surface area contributed by atoms with E-state index in [1.54, 1.807) is 54.6 Å². The van der Waals surface area contributed by atoms with E-state index < -0.39 is 12.0 Å². The van der Waals surface area contributed by atoms with Crippen molar-refractivity contribution in [1.82, 2.24) is 10.2 Å². The van der Waals surface area contributed by atoms with Crippen LogP contribution in [0.4, 0.5) is 0 Å². The molecule has 1 aliphatic carbocycles. The van der Waals surface area contributed by atoms with E-state index in [0.29, 0.717) is 23.3 Å². The Bertz CT molecular complexity index is 1120. The van der Waals surface area contributed by atoms with Crippen LogP contribution in [0.25, 0.3) is 0 Å². The van der Waals surface area contributed by atoms with Crippen LogP contribution >= 0.6 is 15.9 Å². The van der Waals surface area contributed by atoms with Gasteiger partial charge < -0.3 is 19.4 Å². The van der Waals surface area contributed by atoms with Gasteiger partial charge >= 0.3 is 5.97 Å². The molecule has 0 heterocycles. The van der Waals surface area contributed by atoms with Crippen molar-refractivity contribution in [1.29, 1.82) is 0 Å². The van der Waals surface area contributed by atoms with Gasteiger partial charge in [-0.2, -0.15) is 0 Å². The SMILES string of the molecule is C=CCN(C(=O)c1ccc(Br)cc1)C(C(=O)NC1CCCCC1)c1ccc(C(=O)OCCC[N+](C)(C)C)cc1. The predicted molar refractivity (Wildman–Crippen MR) is 157 cm³/mol. The summed E-state index contributed by atoms with van der Waals surface area (Å²) in [5, 5.41) is 3.19. The Morgan fingerprint density at radius 3 is 2.23 bits per heavy atom. The van der Waals surface area contributed by atoms with Crippen molar-refractivity contribution in [2.45, 2.75) is 50.6 Å². The van der Waals surface area contributed by atoms with Gasteiger partial charge in [-0.05, 0) is 54.8 Å². The van der Waals surface area contributed by atoms with E-state index in [2.05, 4.69) is 49.0 Å². The highest BCUT2D eigenvalue weighted by Crippen LogP contribution is 2.26. The van der Waals surface area contributed by atoms with E-state index in [4.69, 9.17) is 4.74 Å². The first-order valence-electron chi connectivity index (χ1n) is 13.6. The smallest absolute Gasteiger partial charge is 0.338 e. The van der Waals surface area contributed by atoms with Crippen LogP contribution in [0.15, 0.2) is 65.7 Å². The summed E-state index contributed by atoms with van der Waals surface area (Å²) in [6.07, 6.45) is 7.59. The zero-order chi connectivity index (χ0) is 28.4. The zero-order valence-corrected chi connectivity index (χ0v) is 24.9. The van der Waals surface area contributed by atoms with Crippen molar-refractivity contribution in [3.05, 3.63) is 82.3 Å². The fourth-order valence-corrected chi connectivity index (χ4v) is 5.06. The second kappa shape index (κ2) is 14.4. The Morgan fingerprint density at radius 2 is 1.64 bits per heavy atom. The molecular weight excluding hydrogens is 558 g/mol. The molecule has 1 saturated carbocycles. The number of amides is 2. The first kappa shape index (κ1) is 30.6. The summed E-state index contributed by atoms with van der Waals surface area (Å²) in [7, 11) is 6.29. The minimum atomic E-state index is -0.879. The number of nitrogens with one attached hydrogen (secondary N) is 1.